The molecule has 0 radical (unpaired) electrons. The van der Waals surface area contributed by atoms with Crippen molar-refractivity contribution in [2.24, 2.45) is 0 Å². The van der Waals surface area contributed by atoms with E-state index in [0.29, 0.717) is 33.6 Å². The number of benzene rings is 1. The second-order valence-corrected chi connectivity index (χ2v) is 7.98. The Bertz CT molecular complexity index is 1150. The minimum atomic E-state index is -0.522. The Morgan fingerprint density at radius 1 is 1.16 bits per heavy atom. The van der Waals surface area contributed by atoms with E-state index in [-0.39, 0.29) is 40.7 Å². The van der Waals surface area contributed by atoms with Gasteiger partial charge in [0.05, 0.1) is 37.2 Å². The molecular weight excluding hydrogens is 436 g/mol. The highest BCUT2D eigenvalue weighted by Gasteiger charge is 2.37. The number of carbonyl (C=O) groups is 1. The van der Waals surface area contributed by atoms with Crippen LogP contribution in [0.15, 0.2) is 27.9 Å². The summed E-state index contributed by atoms with van der Waals surface area (Å²) in [6, 6.07) is 4.37. The summed E-state index contributed by atoms with van der Waals surface area (Å²) in [6.45, 7) is 1.39. The SMILES string of the molecule is COc1c(OC)c2c(c([N+](=O)[O-])c1OC)CC[C@H](NC(C)=O)c1cc(=O)c(SC)ccc1-2. The molecule has 32 heavy (non-hydrogen) atoms. The number of hydrogen-bond donors (Lipinski definition) is 1. The van der Waals surface area contributed by atoms with Crippen molar-refractivity contribution in [2.75, 3.05) is 27.6 Å². The van der Waals surface area contributed by atoms with Gasteiger partial charge in [0.2, 0.25) is 17.4 Å². The number of nitro benzene ring substituents is 1. The third kappa shape index (κ3) is 3.97. The fourth-order valence-corrected chi connectivity index (χ4v) is 4.62. The molecule has 0 unspecified atom stereocenters. The van der Waals surface area contributed by atoms with E-state index < -0.39 is 11.0 Å². The van der Waals surface area contributed by atoms with E-state index in [2.05, 4.69) is 5.32 Å². The Morgan fingerprint density at radius 2 is 1.81 bits per heavy atom. The van der Waals surface area contributed by atoms with Crippen LogP contribution < -0.4 is 25.0 Å². The predicted octanol–water partition coefficient (Wildman–Crippen LogP) is 3.49. The maximum Gasteiger partial charge on any atom is 0.318 e. The molecule has 10 heteroatoms. The second kappa shape index (κ2) is 9.47. The van der Waals surface area contributed by atoms with E-state index in [9.17, 15) is 19.7 Å². The number of methoxy groups -OCH3 is 3. The lowest BCUT2D eigenvalue weighted by Crippen LogP contribution is -2.26. The molecule has 0 aromatic heterocycles. The molecule has 170 valence electrons. The summed E-state index contributed by atoms with van der Waals surface area (Å²) >= 11 is 1.30. The zero-order chi connectivity index (χ0) is 23.6. The maximum atomic E-state index is 12.8. The van der Waals surface area contributed by atoms with Gasteiger partial charge in [0.1, 0.15) is 0 Å². The summed E-state index contributed by atoms with van der Waals surface area (Å²) in [6.07, 6.45) is 2.38. The lowest BCUT2D eigenvalue weighted by atomic mass is 9.94. The van der Waals surface area contributed by atoms with Crippen molar-refractivity contribution in [1.82, 2.24) is 5.32 Å². The van der Waals surface area contributed by atoms with E-state index in [1.54, 1.807) is 18.4 Å². The number of carbonyl (C=O) groups excluding carboxylic acids is 1. The zero-order valence-electron chi connectivity index (χ0n) is 18.4. The lowest BCUT2D eigenvalue weighted by Gasteiger charge is -2.20. The lowest BCUT2D eigenvalue weighted by molar-refractivity contribution is -0.386. The number of nitrogens with zero attached hydrogens (tertiary/aromatic N) is 1. The number of nitrogens with one attached hydrogen (secondary N) is 1. The molecule has 9 nitrogen and oxygen atoms in total. The number of nitro groups is 1. The average Bonchev–Trinajstić information content (AvgIpc) is 3.00. The summed E-state index contributed by atoms with van der Waals surface area (Å²) in [7, 11) is 4.14. The Kier molecular flexibility index (Phi) is 6.93. The third-order valence-corrected chi connectivity index (χ3v) is 6.18. The van der Waals surface area contributed by atoms with Crippen LogP contribution >= 0.6 is 11.8 Å². The van der Waals surface area contributed by atoms with Crippen LogP contribution in [0.3, 0.4) is 0 Å². The van der Waals surface area contributed by atoms with Gasteiger partial charge in [-0.2, -0.15) is 0 Å². The summed E-state index contributed by atoms with van der Waals surface area (Å²) < 4.78 is 16.5. The summed E-state index contributed by atoms with van der Waals surface area (Å²) in [5.74, 6) is 0.0390. The standard InChI is InChI=1S/C22H24N2O7S/c1-11(25)23-15-8-6-13-18(12-7-9-17(32-5)16(26)10-14(12)15)20(29-2)22(31-4)21(30-3)19(13)24(27)28/h7,9-10,15H,6,8H2,1-5H3,(H,23,25)/t15-/m0/s1. The number of ether oxygens (including phenoxy) is 3. The number of thioether (sulfide) groups is 1. The molecule has 0 aliphatic heterocycles. The highest BCUT2D eigenvalue weighted by molar-refractivity contribution is 7.98. The van der Waals surface area contributed by atoms with E-state index in [4.69, 9.17) is 14.2 Å². The van der Waals surface area contributed by atoms with Crippen LogP contribution in [0.1, 0.15) is 30.5 Å². The predicted molar refractivity (Wildman–Crippen MR) is 121 cm³/mol. The van der Waals surface area contributed by atoms with Crippen molar-refractivity contribution >= 4 is 23.4 Å². The first-order chi connectivity index (χ1) is 15.3. The van der Waals surface area contributed by atoms with Gasteiger partial charge in [0.15, 0.2) is 11.2 Å². The van der Waals surface area contributed by atoms with E-state index >= 15 is 0 Å². The first-order valence-corrected chi connectivity index (χ1v) is 11.0. The molecule has 3 rings (SSSR count). The quantitative estimate of drug-likeness (QED) is 0.396. The van der Waals surface area contributed by atoms with Gasteiger partial charge < -0.3 is 19.5 Å². The highest BCUT2D eigenvalue weighted by atomic mass is 32.2. The van der Waals surface area contributed by atoms with Crippen LogP contribution in [0.25, 0.3) is 11.1 Å². The molecule has 0 saturated heterocycles. The van der Waals surface area contributed by atoms with Crippen LogP contribution in [0.2, 0.25) is 0 Å². The van der Waals surface area contributed by atoms with Crippen LogP contribution in [-0.2, 0) is 11.2 Å². The largest absolute Gasteiger partial charge is 0.492 e. The molecule has 1 amide bonds. The average molecular weight is 461 g/mol. The number of amides is 1. The molecule has 0 spiro atoms. The fraction of sp³-hybridized carbons (Fsp3) is 0.364. The zero-order valence-corrected chi connectivity index (χ0v) is 19.3. The summed E-state index contributed by atoms with van der Waals surface area (Å²) in [5.41, 5.74) is 1.52. The van der Waals surface area contributed by atoms with Gasteiger partial charge in [-0.25, -0.2) is 0 Å². The summed E-state index contributed by atoms with van der Waals surface area (Å²) in [4.78, 5) is 36.9. The van der Waals surface area contributed by atoms with Gasteiger partial charge in [-0.3, -0.25) is 19.7 Å². The minimum absolute atomic E-state index is 0.0396. The first kappa shape index (κ1) is 23.4. The van der Waals surface area contributed by atoms with Crippen molar-refractivity contribution in [2.45, 2.75) is 30.7 Å². The van der Waals surface area contributed by atoms with Crippen LogP contribution in [-0.4, -0.2) is 38.4 Å². The third-order valence-electron chi connectivity index (χ3n) is 5.40. The van der Waals surface area contributed by atoms with Crippen LogP contribution in [0.5, 0.6) is 17.2 Å². The molecule has 1 N–H and O–H groups in total. The molecule has 1 aliphatic rings. The van der Waals surface area contributed by atoms with Crippen molar-refractivity contribution in [3.8, 4) is 28.4 Å². The Morgan fingerprint density at radius 3 is 2.34 bits per heavy atom. The summed E-state index contributed by atoms with van der Waals surface area (Å²) in [5, 5.41) is 15.0. The Labute approximate surface area is 189 Å². The maximum absolute atomic E-state index is 12.8. The highest BCUT2D eigenvalue weighted by Crippen LogP contribution is 2.55. The first-order valence-electron chi connectivity index (χ1n) is 9.77. The van der Waals surface area contributed by atoms with Crippen LogP contribution in [0.4, 0.5) is 5.69 Å². The van der Waals surface area contributed by atoms with E-state index in [0.717, 1.165) is 0 Å². The van der Waals surface area contributed by atoms with Crippen molar-refractivity contribution in [3.63, 3.8) is 0 Å². The van der Waals surface area contributed by atoms with Gasteiger partial charge >= 0.3 is 5.69 Å². The van der Waals surface area contributed by atoms with Gasteiger partial charge in [-0.1, -0.05) is 6.07 Å². The molecule has 0 heterocycles. The van der Waals surface area contributed by atoms with Gasteiger partial charge in [-0.05, 0) is 42.4 Å². The topological polar surface area (TPSA) is 117 Å². The van der Waals surface area contributed by atoms with Gasteiger partial charge in [-0.15, -0.1) is 11.8 Å². The van der Waals surface area contributed by atoms with Crippen molar-refractivity contribution < 1.29 is 23.9 Å². The number of rotatable bonds is 6. The molecule has 1 atom stereocenters. The second-order valence-electron chi connectivity index (χ2n) is 7.13. The Hall–Kier alpha value is -3.27. The molecule has 2 aromatic rings. The van der Waals surface area contributed by atoms with E-state index in [1.165, 1.54) is 46.1 Å². The Balaban J connectivity index is 2.55. The monoisotopic (exact) mass is 460 g/mol. The van der Waals surface area contributed by atoms with Crippen LogP contribution in [0, 0.1) is 10.1 Å². The van der Waals surface area contributed by atoms with Gasteiger partial charge in [0, 0.05) is 18.1 Å². The molecule has 0 fully saturated rings. The normalized spacial score (nSPS) is 14.5. The molecule has 0 bridgehead atoms. The molecule has 0 saturated carbocycles. The van der Waals surface area contributed by atoms with E-state index in [1.807, 2.05) is 0 Å². The smallest absolute Gasteiger partial charge is 0.318 e. The van der Waals surface area contributed by atoms with Crippen molar-refractivity contribution in [3.05, 3.63) is 49.7 Å². The molecule has 1 aliphatic carbocycles. The number of hydrogen-bond acceptors (Lipinski definition) is 8. The minimum Gasteiger partial charge on any atom is -0.492 e. The van der Waals surface area contributed by atoms with Crippen molar-refractivity contribution in [1.29, 1.82) is 0 Å². The fourth-order valence-electron chi connectivity index (χ4n) is 4.16. The van der Waals surface area contributed by atoms with Gasteiger partial charge in [0.25, 0.3) is 0 Å². The number of fused-ring (bicyclic) bond motifs is 3. The molecule has 2 aromatic carbocycles. The molecular formula is C22H24N2O7S.